The Balaban J connectivity index is 2.01. The number of aromatic nitrogens is 4. The quantitative estimate of drug-likeness (QED) is 0.377. The van der Waals surface area contributed by atoms with Gasteiger partial charge in [-0.15, -0.1) is 10.2 Å². The average molecular weight is 320 g/mol. The molecule has 0 amide bonds. The molecular weight excluding hydrogens is 304 g/mol. The van der Waals surface area contributed by atoms with Gasteiger partial charge in [-0.1, -0.05) is 24.3 Å². The fraction of sp³-hybridized carbons (Fsp3) is 0.357. The van der Waals surface area contributed by atoms with Crippen LogP contribution in [-0.4, -0.2) is 70.3 Å². The predicted molar refractivity (Wildman–Crippen MR) is 78.4 cm³/mol. The summed E-state index contributed by atoms with van der Waals surface area (Å²) in [6, 6.07) is 7.34. The van der Waals surface area contributed by atoms with Crippen molar-refractivity contribution in [1.82, 2.24) is 19.8 Å². The lowest BCUT2D eigenvalue weighted by Gasteiger charge is -2.24. The summed E-state index contributed by atoms with van der Waals surface area (Å²) in [5.74, 6) is -0.0811. The van der Waals surface area contributed by atoms with E-state index in [2.05, 4.69) is 15.3 Å². The summed E-state index contributed by atoms with van der Waals surface area (Å²) in [7, 11) is 0. The van der Waals surface area contributed by atoms with Crippen LogP contribution < -0.4 is 0 Å². The minimum atomic E-state index is -1.77. The molecule has 0 fully saturated rings. The van der Waals surface area contributed by atoms with Crippen molar-refractivity contribution in [3.63, 3.8) is 0 Å². The van der Waals surface area contributed by atoms with Crippen LogP contribution in [0.4, 0.5) is 0 Å². The topological polar surface area (TPSA) is 144 Å². The van der Waals surface area contributed by atoms with Crippen LogP contribution in [0, 0.1) is 0 Å². The molecule has 5 N–H and O–H groups in total. The molecule has 0 spiro atoms. The number of hydrogen-bond donors (Lipinski definition) is 5. The van der Waals surface area contributed by atoms with Gasteiger partial charge in [-0.05, 0) is 0 Å². The molecule has 9 nitrogen and oxygen atoms in total. The van der Waals surface area contributed by atoms with E-state index in [1.165, 1.54) is 4.52 Å². The third-order valence-electron chi connectivity index (χ3n) is 3.70. The first kappa shape index (κ1) is 15.7. The Morgan fingerprint density at radius 2 is 1.74 bits per heavy atom. The molecule has 0 radical (unpaired) electrons. The van der Waals surface area contributed by atoms with Crippen LogP contribution >= 0.6 is 0 Å². The SMILES string of the molecule is OC[C@@H](O)[C@@H](O)[C@@H](O)[C@@H](O)c1nnc2c3ccccc3cnn12. The molecule has 0 aliphatic carbocycles. The van der Waals surface area contributed by atoms with Crippen LogP contribution in [0.1, 0.15) is 11.9 Å². The fourth-order valence-electron chi connectivity index (χ4n) is 2.37. The van der Waals surface area contributed by atoms with Crippen molar-refractivity contribution in [2.75, 3.05) is 6.61 Å². The minimum absolute atomic E-state index is 0.0811. The molecule has 0 saturated carbocycles. The van der Waals surface area contributed by atoms with Gasteiger partial charge < -0.3 is 25.5 Å². The molecule has 1 aromatic carbocycles. The lowest BCUT2D eigenvalue weighted by atomic mass is 10.0. The highest BCUT2D eigenvalue weighted by molar-refractivity contribution is 5.92. The first-order valence-electron chi connectivity index (χ1n) is 6.96. The van der Waals surface area contributed by atoms with E-state index >= 15 is 0 Å². The molecule has 3 aromatic rings. The van der Waals surface area contributed by atoms with Crippen molar-refractivity contribution in [2.24, 2.45) is 0 Å². The molecule has 0 bridgehead atoms. The molecule has 4 atom stereocenters. The number of aliphatic hydroxyl groups is 5. The summed E-state index contributed by atoms with van der Waals surface area (Å²) < 4.78 is 1.26. The van der Waals surface area contributed by atoms with Gasteiger partial charge in [0.1, 0.15) is 24.4 Å². The normalized spacial score (nSPS) is 17.3. The van der Waals surface area contributed by atoms with Gasteiger partial charge >= 0.3 is 0 Å². The van der Waals surface area contributed by atoms with Gasteiger partial charge in [0.2, 0.25) is 0 Å². The zero-order chi connectivity index (χ0) is 16.6. The van der Waals surface area contributed by atoms with Crippen molar-refractivity contribution < 1.29 is 25.5 Å². The van der Waals surface area contributed by atoms with E-state index in [-0.39, 0.29) is 5.82 Å². The molecule has 122 valence electrons. The minimum Gasteiger partial charge on any atom is -0.394 e. The van der Waals surface area contributed by atoms with Crippen LogP contribution in [0.2, 0.25) is 0 Å². The smallest absolute Gasteiger partial charge is 0.186 e. The van der Waals surface area contributed by atoms with Gasteiger partial charge in [0.25, 0.3) is 0 Å². The molecule has 23 heavy (non-hydrogen) atoms. The molecule has 3 rings (SSSR count). The van der Waals surface area contributed by atoms with Crippen molar-refractivity contribution in [3.05, 3.63) is 36.3 Å². The van der Waals surface area contributed by atoms with Crippen LogP contribution in [0.3, 0.4) is 0 Å². The molecule has 0 aliphatic rings. The molecule has 0 aliphatic heterocycles. The maximum absolute atomic E-state index is 10.2. The van der Waals surface area contributed by atoms with E-state index in [0.29, 0.717) is 5.65 Å². The van der Waals surface area contributed by atoms with Gasteiger partial charge in [0.15, 0.2) is 11.5 Å². The number of fused-ring (bicyclic) bond motifs is 3. The van der Waals surface area contributed by atoms with Gasteiger partial charge in [0.05, 0.1) is 12.8 Å². The first-order valence-corrected chi connectivity index (χ1v) is 6.96. The lowest BCUT2D eigenvalue weighted by Crippen LogP contribution is -2.43. The number of nitrogens with zero attached hydrogens (tertiary/aromatic N) is 4. The molecule has 2 aromatic heterocycles. The highest BCUT2D eigenvalue weighted by Crippen LogP contribution is 2.22. The van der Waals surface area contributed by atoms with Crippen LogP contribution in [0.25, 0.3) is 16.4 Å². The third-order valence-corrected chi connectivity index (χ3v) is 3.70. The second kappa shape index (κ2) is 6.14. The number of rotatable bonds is 5. The third kappa shape index (κ3) is 2.64. The van der Waals surface area contributed by atoms with E-state index in [4.69, 9.17) is 5.11 Å². The number of hydrogen-bond acceptors (Lipinski definition) is 8. The van der Waals surface area contributed by atoms with Gasteiger partial charge in [-0.25, -0.2) is 0 Å². The van der Waals surface area contributed by atoms with Gasteiger partial charge in [0, 0.05) is 10.8 Å². The summed E-state index contributed by atoms with van der Waals surface area (Å²) >= 11 is 0. The molecule has 0 unspecified atom stereocenters. The number of aliphatic hydroxyl groups excluding tert-OH is 5. The van der Waals surface area contributed by atoms with Crippen molar-refractivity contribution in [2.45, 2.75) is 24.4 Å². The Morgan fingerprint density at radius 1 is 1.00 bits per heavy atom. The molecular formula is C14H16N4O5. The van der Waals surface area contributed by atoms with Gasteiger partial charge in [-0.2, -0.15) is 9.61 Å². The molecule has 2 heterocycles. The maximum Gasteiger partial charge on any atom is 0.186 e. The second-order valence-electron chi connectivity index (χ2n) is 5.20. The van der Waals surface area contributed by atoms with Gasteiger partial charge in [-0.3, -0.25) is 0 Å². The summed E-state index contributed by atoms with van der Waals surface area (Å²) in [6.45, 7) is -0.756. The Hall–Kier alpha value is -2.17. The summed E-state index contributed by atoms with van der Waals surface area (Å²) in [4.78, 5) is 0. The molecule has 9 heteroatoms. The average Bonchev–Trinajstić information content (AvgIpc) is 3.03. The van der Waals surface area contributed by atoms with E-state index < -0.39 is 31.0 Å². The summed E-state index contributed by atoms with van der Waals surface area (Å²) in [6.07, 6.45) is -5.18. The Kier molecular flexibility index (Phi) is 4.20. The maximum atomic E-state index is 10.2. The van der Waals surface area contributed by atoms with Crippen LogP contribution in [0.5, 0.6) is 0 Å². The Morgan fingerprint density at radius 3 is 2.48 bits per heavy atom. The Bertz CT molecular complexity index is 823. The van der Waals surface area contributed by atoms with E-state index in [9.17, 15) is 20.4 Å². The highest BCUT2D eigenvalue weighted by atomic mass is 16.4. The van der Waals surface area contributed by atoms with Crippen molar-refractivity contribution in [3.8, 4) is 0 Å². The van der Waals surface area contributed by atoms with Crippen LogP contribution in [-0.2, 0) is 0 Å². The van der Waals surface area contributed by atoms with E-state index in [1.54, 1.807) is 6.20 Å². The van der Waals surface area contributed by atoms with E-state index in [1.807, 2.05) is 24.3 Å². The monoisotopic (exact) mass is 320 g/mol. The Labute approximate surface area is 130 Å². The summed E-state index contributed by atoms with van der Waals surface area (Å²) in [5.41, 5.74) is 0.390. The number of benzene rings is 1. The summed E-state index contributed by atoms with van der Waals surface area (Å²) in [5, 5.41) is 61.5. The zero-order valence-corrected chi connectivity index (χ0v) is 11.9. The van der Waals surface area contributed by atoms with Crippen LogP contribution in [0.15, 0.2) is 30.5 Å². The standard InChI is InChI=1S/C14H16N4O5/c19-6-9(20)10(21)11(22)12(23)14-17-16-13-8-4-2-1-3-7(8)5-15-18(13)14/h1-5,9-12,19-23H,6H2/t9-,10-,11-,12-/m1/s1. The zero-order valence-electron chi connectivity index (χ0n) is 11.9. The van der Waals surface area contributed by atoms with Crippen molar-refractivity contribution in [1.29, 1.82) is 0 Å². The lowest BCUT2D eigenvalue weighted by molar-refractivity contribution is -0.118. The van der Waals surface area contributed by atoms with E-state index in [0.717, 1.165) is 10.8 Å². The first-order chi connectivity index (χ1) is 11.0. The second-order valence-corrected chi connectivity index (χ2v) is 5.20. The highest BCUT2D eigenvalue weighted by Gasteiger charge is 2.34. The fourth-order valence-corrected chi connectivity index (χ4v) is 2.37. The predicted octanol–water partition coefficient (Wildman–Crippen LogP) is -1.61. The molecule has 0 saturated heterocycles. The van der Waals surface area contributed by atoms with Crippen molar-refractivity contribution >= 4 is 16.4 Å². The largest absolute Gasteiger partial charge is 0.394 e.